The van der Waals surface area contributed by atoms with Gasteiger partial charge in [-0.3, -0.25) is 0 Å². The lowest BCUT2D eigenvalue weighted by Gasteiger charge is -2.25. The van der Waals surface area contributed by atoms with E-state index >= 15 is 0 Å². The van der Waals surface area contributed by atoms with Crippen LogP contribution in [-0.2, 0) is 0 Å². The van der Waals surface area contributed by atoms with Crippen LogP contribution in [0, 0.1) is 5.92 Å². The quantitative estimate of drug-likeness (QED) is 0.399. The highest BCUT2D eigenvalue weighted by Gasteiger charge is 2.15. The summed E-state index contributed by atoms with van der Waals surface area (Å²) < 4.78 is 3.74. The van der Waals surface area contributed by atoms with Gasteiger partial charge in [0.25, 0.3) is 0 Å². The number of alkyl halides is 1. The molecular weight excluding hydrogens is 340 g/mol. The molecule has 0 bridgehead atoms. The fourth-order valence-corrected chi connectivity index (χ4v) is 2.49. The van der Waals surface area contributed by atoms with E-state index in [0.29, 0.717) is 0 Å². The van der Waals surface area contributed by atoms with Crippen molar-refractivity contribution in [2.45, 2.75) is 12.8 Å². The Kier molecular flexibility index (Phi) is 4.10. The van der Waals surface area contributed by atoms with Gasteiger partial charge in [0.15, 0.2) is 0 Å². The summed E-state index contributed by atoms with van der Waals surface area (Å²) in [5.41, 5.74) is 0. The third-order valence-electron chi connectivity index (χ3n) is 1.78. The van der Waals surface area contributed by atoms with Gasteiger partial charge >= 0.3 is 0 Å². The molecule has 1 nitrogen and oxygen atoms in total. The van der Waals surface area contributed by atoms with Crippen LogP contribution >= 0.6 is 45.5 Å². The van der Waals surface area contributed by atoms with Crippen LogP contribution in [0.4, 0.5) is 0 Å². The molecule has 0 amide bonds. The second-order valence-corrected chi connectivity index (χ2v) is 4.75. The van der Waals surface area contributed by atoms with Crippen LogP contribution in [0.2, 0.25) is 0 Å². The Morgan fingerprint density at radius 3 is 2.33 bits per heavy atom. The standard InChI is InChI=1S/C6H11I2N/c7-5-6-1-3-9(8)4-2-6/h6H,1-5H2. The Morgan fingerprint density at radius 1 is 1.33 bits per heavy atom. The molecule has 0 saturated carbocycles. The summed E-state index contributed by atoms with van der Waals surface area (Å²) in [5.74, 6) is 1.01. The highest BCUT2D eigenvalue weighted by atomic mass is 127. The van der Waals surface area contributed by atoms with Crippen LogP contribution in [0.1, 0.15) is 12.8 Å². The molecule has 0 spiro atoms. The van der Waals surface area contributed by atoms with Crippen LogP contribution in [0.5, 0.6) is 0 Å². The first-order chi connectivity index (χ1) is 4.33. The van der Waals surface area contributed by atoms with Crippen molar-refractivity contribution in [1.82, 2.24) is 3.11 Å². The molecule has 0 aliphatic carbocycles. The SMILES string of the molecule is ICC1CCN(I)CC1. The number of piperidine rings is 1. The van der Waals surface area contributed by atoms with E-state index in [1.807, 2.05) is 0 Å². The molecule has 1 fully saturated rings. The molecule has 0 aromatic heterocycles. The minimum atomic E-state index is 1.01. The highest BCUT2D eigenvalue weighted by molar-refractivity contribution is 14.1. The van der Waals surface area contributed by atoms with Crippen molar-refractivity contribution in [3.05, 3.63) is 0 Å². The molecule has 0 atom stereocenters. The van der Waals surface area contributed by atoms with E-state index in [1.165, 1.54) is 30.4 Å². The third-order valence-corrected chi connectivity index (χ3v) is 3.99. The first kappa shape index (κ1) is 8.52. The number of hydrogen-bond donors (Lipinski definition) is 0. The zero-order valence-electron chi connectivity index (χ0n) is 5.32. The largest absolute Gasteiger partial charge is 0.248 e. The van der Waals surface area contributed by atoms with E-state index in [1.54, 1.807) is 0 Å². The normalized spacial score (nSPS) is 24.7. The number of nitrogens with zero attached hydrogens (tertiary/aromatic N) is 1. The molecule has 1 saturated heterocycles. The summed E-state index contributed by atoms with van der Waals surface area (Å²) in [6.45, 7) is 2.60. The van der Waals surface area contributed by atoms with Crippen molar-refractivity contribution in [2.24, 2.45) is 5.92 Å². The van der Waals surface area contributed by atoms with Crippen molar-refractivity contribution < 1.29 is 0 Å². The van der Waals surface area contributed by atoms with Crippen molar-refractivity contribution in [1.29, 1.82) is 0 Å². The van der Waals surface area contributed by atoms with Crippen LogP contribution in [0.3, 0.4) is 0 Å². The maximum absolute atomic E-state index is 2.49. The average molecular weight is 351 g/mol. The van der Waals surface area contributed by atoms with Crippen molar-refractivity contribution >= 4 is 45.5 Å². The van der Waals surface area contributed by atoms with Crippen LogP contribution < -0.4 is 0 Å². The van der Waals surface area contributed by atoms with E-state index in [-0.39, 0.29) is 0 Å². The van der Waals surface area contributed by atoms with Crippen molar-refractivity contribution in [2.75, 3.05) is 17.5 Å². The average Bonchev–Trinajstić information content (AvgIpc) is 1.90. The van der Waals surface area contributed by atoms with Gasteiger partial charge in [0.2, 0.25) is 0 Å². The van der Waals surface area contributed by atoms with E-state index in [4.69, 9.17) is 0 Å². The highest BCUT2D eigenvalue weighted by Crippen LogP contribution is 2.20. The lowest BCUT2D eigenvalue weighted by atomic mass is 10.0. The van der Waals surface area contributed by atoms with Gasteiger partial charge in [0.05, 0.1) is 0 Å². The van der Waals surface area contributed by atoms with Crippen molar-refractivity contribution in [3.8, 4) is 0 Å². The Bertz CT molecular complexity index is 79.1. The zero-order valence-corrected chi connectivity index (χ0v) is 9.63. The molecule has 1 aliphatic heterocycles. The summed E-state index contributed by atoms with van der Waals surface area (Å²) in [7, 11) is 0. The Hall–Kier alpha value is 1.42. The molecule has 1 aliphatic rings. The molecular formula is C6H11I2N. The lowest BCUT2D eigenvalue weighted by molar-refractivity contribution is 0.334. The predicted molar refractivity (Wildman–Crippen MR) is 57.2 cm³/mol. The molecule has 0 aromatic carbocycles. The minimum absolute atomic E-state index is 1.01. The van der Waals surface area contributed by atoms with Gasteiger partial charge in [0, 0.05) is 40.4 Å². The Labute approximate surface area is 84.2 Å². The first-order valence-corrected chi connectivity index (χ1v) is 5.78. The zero-order chi connectivity index (χ0) is 6.69. The van der Waals surface area contributed by atoms with Gasteiger partial charge in [-0.15, -0.1) is 0 Å². The maximum Gasteiger partial charge on any atom is 0.0201 e. The molecule has 0 unspecified atom stereocenters. The molecule has 0 N–H and O–H groups in total. The fourth-order valence-electron chi connectivity index (χ4n) is 1.06. The smallest absolute Gasteiger partial charge is 0.0201 e. The van der Waals surface area contributed by atoms with Gasteiger partial charge in [0.1, 0.15) is 0 Å². The van der Waals surface area contributed by atoms with E-state index in [2.05, 4.69) is 48.6 Å². The molecule has 54 valence electrons. The minimum Gasteiger partial charge on any atom is -0.248 e. The summed E-state index contributed by atoms with van der Waals surface area (Å²) in [5, 5.41) is 0. The topological polar surface area (TPSA) is 3.24 Å². The van der Waals surface area contributed by atoms with Crippen LogP contribution in [0.25, 0.3) is 0 Å². The van der Waals surface area contributed by atoms with Gasteiger partial charge < -0.3 is 0 Å². The summed E-state index contributed by atoms with van der Waals surface area (Å²) in [6, 6.07) is 0. The molecule has 1 heterocycles. The summed E-state index contributed by atoms with van der Waals surface area (Å²) in [6.07, 6.45) is 2.82. The summed E-state index contributed by atoms with van der Waals surface area (Å²) in [4.78, 5) is 0. The maximum atomic E-state index is 2.49. The summed E-state index contributed by atoms with van der Waals surface area (Å²) >= 11 is 4.91. The first-order valence-electron chi connectivity index (χ1n) is 3.29. The van der Waals surface area contributed by atoms with Crippen molar-refractivity contribution in [3.63, 3.8) is 0 Å². The lowest BCUT2D eigenvalue weighted by Crippen LogP contribution is -2.26. The van der Waals surface area contributed by atoms with E-state index in [9.17, 15) is 0 Å². The Balaban J connectivity index is 2.18. The van der Waals surface area contributed by atoms with Gasteiger partial charge in [-0.25, -0.2) is 3.11 Å². The number of rotatable bonds is 1. The number of hydrogen-bond acceptors (Lipinski definition) is 1. The molecule has 9 heavy (non-hydrogen) atoms. The molecule has 0 aromatic rings. The fraction of sp³-hybridized carbons (Fsp3) is 1.00. The third kappa shape index (κ3) is 2.88. The molecule has 3 heteroatoms. The van der Waals surface area contributed by atoms with Gasteiger partial charge in [-0.2, -0.15) is 0 Å². The second kappa shape index (κ2) is 4.33. The van der Waals surface area contributed by atoms with Crippen LogP contribution in [-0.4, -0.2) is 20.6 Å². The van der Waals surface area contributed by atoms with Crippen LogP contribution in [0.15, 0.2) is 0 Å². The number of halogens is 2. The molecule has 1 rings (SSSR count). The predicted octanol–water partition coefficient (Wildman–Crippen LogP) is 2.48. The van der Waals surface area contributed by atoms with Gasteiger partial charge in [-0.1, -0.05) is 22.6 Å². The molecule has 0 radical (unpaired) electrons. The van der Waals surface area contributed by atoms with Gasteiger partial charge in [-0.05, 0) is 18.8 Å². The second-order valence-electron chi connectivity index (χ2n) is 2.51. The van der Waals surface area contributed by atoms with E-state index < -0.39 is 0 Å². The van der Waals surface area contributed by atoms with E-state index in [0.717, 1.165) is 5.92 Å². The monoisotopic (exact) mass is 351 g/mol. The Morgan fingerprint density at radius 2 is 1.89 bits per heavy atom.